The fourth-order valence-electron chi connectivity index (χ4n) is 4.15. The van der Waals surface area contributed by atoms with E-state index in [1.807, 2.05) is 12.4 Å². The second-order valence-corrected chi connectivity index (χ2v) is 7.55. The number of ether oxygens (including phenoxy) is 1. The van der Waals surface area contributed by atoms with E-state index in [0.717, 1.165) is 62.2 Å². The van der Waals surface area contributed by atoms with Gasteiger partial charge in [0, 0.05) is 17.1 Å². The van der Waals surface area contributed by atoms with E-state index < -0.39 is 0 Å². The van der Waals surface area contributed by atoms with Crippen LogP contribution in [0.15, 0.2) is 36.7 Å². The molecule has 0 saturated carbocycles. The third kappa shape index (κ3) is 2.81. The lowest BCUT2D eigenvalue weighted by Crippen LogP contribution is -2.31. The minimum Gasteiger partial charge on any atom is -0.376 e. The molecule has 0 N–H and O–H groups in total. The molecule has 5 rings (SSSR count). The van der Waals surface area contributed by atoms with Gasteiger partial charge in [0.05, 0.1) is 25.5 Å². The van der Waals surface area contributed by atoms with E-state index in [2.05, 4.69) is 46.0 Å². The lowest BCUT2D eigenvalue weighted by molar-refractivity contribution is 0.111. The predicted octanol–water partition coefficient (Wildman–Crippen LogP) is 3.44. The maximum absolute atomic E-state index is 5.54. The minimum absolute atomic E-state index is 0.464. The highest BCUT2D eigenvalue weighted by molar-refractivity contribution is 5.81. The van der Waals surface area contributed by atoms with Crippen molar-refractivity contribution in [1.29, 1.82) is 0 Å². The van der Waals surface area contributed by atoms with Gasteiger partial charge in [-0.1, -0.05) is 18.2 Å². The van der Waals surface area contributed by atoms with Gasteiger partial charge in [-0.3, -0.25) is 0 Å². The SMILES string of the molecule is CN1CCC(n2ncc3cc(-c4ccc5c(c4)CCOC5)cnc32)CC1. The van der Waals surface area contributed by atoms with Crippen LogP contribution < -0.4 is 0 Å². The van der Waals surface area contributed by atoms with Gasteiger partial charge in [-0.15, -0.1) is 0 Å². The molecule has 0 atom stereocenters. The van der Waals surface area contributed by atoms with E-state index in [1.165, 1.54) is 16.7 Å². The van der Waals surface area contributed by atoms with Gasteiger partial charge in [0.1, 0.15) is 0 Å². The second-order valence-electron chi connectivity index (χ2n) is 7.55. The van der Waals surface area contributed by atoms with Crippen LogP contribution in [0.1, 0.15) is 30.0 Å². The van der Waals surface area contributed by atoms with Gasteiger partial charge in [-0.2, -0.15) is 5.10 Å². The molecule has 5 heteroatoms. The lowest BCUT2D eigenvalue weighted by atomic mass is 9.97. The monoisotopic (exact) mass is 348 g/mol. The van der Waals surface area contributed by atoms with Gasteiger partial charge in [0.25, 0.3) is 0 Å². The largest absolute Gasteiger partial charge is 0.376 e. The Labute approximate surface area is 153 Å². The summed E-state index contributed by atoms with van der Waals surface area (Å²) in [4.78, 5) is 7.17. The highest BCUT2D eigenvalue weighted by Gasteiger charge is 2.21. The van der Waals surface area contributed by atoms with Crippen LogP contribution in [0.4, 0.5) is 0 Å². The van der Waals surface area contributed by atoms with Crippen LogP contribution in [0.25, 0.3) is 22.2 Å². The second kappa shape index (κ2) is 6.49. The predicted molar refractivity (Wildman–Crippen MR) is 102 cm³/mol. The number of nitrogens with zero attached hydrogens (tertiary/aromatic N) is 4. The smallest absolute Gasteiger partial charge is 0.158 e. The molecule has 0 unspecified atom stereocenters. The zero-order valence-electron chi connectivity index (χ0n) is 15.2. The summed E-state index contributed by atoms with van der Waals surface area (Å²) >= 11 is 0. The number of aromatic nitrogens is 3. The highest BCUT2D eigenvalue weighted by Crippen LogP contribution is 2.29. The number of piperidine rings is 1. The Morgan fingerprint density at radius 2 is 1.92 bits per heavy atom. The maximum atomic E-state index is 5.54. The van der Waals surface area contributed by atoms with Crippen molar-refractivity contribution < 1.29 is 4.74 Å². The Bertz CT molecular complexity index is 940. The molecule has 3 aromatic rings. The zero-order chi connectivity index (χ0) is 17.5. The number of pyridine rings is 1. The van der Waals surface area contributed by atoms with Gasteiger partial charge >= 0.3 is 0 Å². The number of rotatable bonds is 2. The van der Waals surface area contributed by atoms with Crippen molar-refractivity contribution in [2.24, 2.45) is 0 Å². The van der Waals surface area contributed by atoms with Crippen LogP contribution >= 0.6 is 0 Å². The van der Waals surface area contributed by atoms with Crippen LogP contribution in [0.2, 0.25) is 0 Å². The van der Waals surface area contributed by atoms with E-state index in [-0.39, 0.29) is 0 Å². The van der Waals surface area contributed by atoms with Crippen molar-refractivity contribution in [3.05, 3.63) is 47.8 Å². The number of fused-ring (bicyclic) bond motifs is 2. The van der Waals surface area contributed by atoms with Crippen molar-refractivity contribution in [3.8, 4) is 11.1 Å². The van der Waals surface area contributed by atoms with Crippen LogP contribution in [-0.2, 0) is 17.8 Å². The quantitative estimate of drug-likeness (QED) is 0.712. The van der Waals surface area contributed by atoms with Crippen molar-refractivity contribution in [1.82, 2.24) is 19.7 Å². The van der Waals surface area contributed by atoms with E-state index in [0.29, 0.717) is 6.04 Å². The van der Waals surface area contributed by atoms with Crippen LogP contribution in [-0.4, -0.2) is 46.4 Å². The summed E-state index contributed by atoms with van der Waals surface area (Å²) < 4.78 is 7.68. The Morgan fingerprint density at radius 1 is 1.04 bits per heavy atom. The molecule has 2 aromatic heterocycles. The van der Waals surface area contributed by atoms with E-state index in [1.54, 1.807) is 0 Å². The first kappa shape index (κ1) is 16.0. The third-order valence-corrected chi connectivity index (χ3v) is 5.78. The average Bonchev–Trinajstić information content (AvgIpc) is 3.11. The topological polar surface area (TPSA) is 43.2 Å². The first-order valence-corrected chi connectivity index (χ1v) is 9.50. The summed E-state index contributed by atoms with van der Waals surface area (Å²) in [6, 6.07) is 9.35. The molecule has 2 aliphatic heterocycles. The van der Waals surface area contributed by atoms with Gasteiger partial charge in [-0.05, 0) is 62.2 Å². The van der Waals surface area contributed by atoms with E-state index in [4.69, 9.17) is 9.72 Å². The molecular formula is C21H24N4O. The molecule has 0 aliphatic carbocycles. The van der Waals surface area contributed by atoms with E-state index in [9.17, 15) is 0 Å². The normalized spacial score (nSPS) is 19.0. The van der Waals surface area contributed by atoms with Gasteiger partial charge in [-0.25, -0.2) is 9.67 Å². The summed E-state index contributed by atoms with van der Waals surface area (Å²) in [6.07, 6.45) is 7.24. The summed E-state index contributed by atoms with van der Waals surface area (Å²) in [6.45, 7) is 3.80. The molecule has 26 heavy (non-hydrogen) atoms. The number of hydrogen-bond donors (Lipinski definition) is 0. The lowest BCUT2D eigenvalue weighted by Gasteiger charge is -2.29. The Morgan fingerprint density at radius 3 is 2.81 bits per heavy atom. The van der Waals surface area contributed by atoms with Crippen LogP contribution in [0.3, 0.4) is 0 Å². The molecule has 1 fully saturated rings. The van der Waals surface area contributed by atoms with Crippen LogP contribution in [0.5, 0.6) is 0 Å². The van der Waals surface area contributed by atoms with Crippen molar-refractivity contribution in [2.75, 3.05) is 26.7 Å². The number of likely N-dealkylation sites (tertiary alicyclic amines) is 1. The molecule has 4 heterocycles. The van der Waals surface area contributed by atoms with Gasteiger partial charge in [0.2, 0.25) is 0 Å². The molecule has 1 aromatic carbocycles. The standard InChI is InChI=1S/C21H24N4O/c1-24-7-4-20(5-8-24)25-21-19(13-23-25)11-18(12-22-21)15-2-3-17-14-26-9-6-16(17)10-15/h2-3,10-13,20H,4-9,14H2,1H3. The summed E-state index contributed by atoms with van der Waals surface area (Å²) in [5, 5.41) is 5.80. The molecule has 134 valence electrons. The van der Waals surface area contributed by atoms with Crippen molar-refractivity contribution >= 4 is 11.0 Å². The molecule has 1 saturated heterocycles. The van der Waals surface area contributed by atoms with Crippen molar-refractivity contribution in [2.45, 2.75) is 31.9 Å². The fraction of sp³-hybridized carbons (Fsp3) is 0.429. The molecule has 2 aliphatic rings. The van der Waals surface area contributed by atoms with Crippen molar-refractivity contribution in [3.63, 3.8) is 0 Å². The maximum Gasteiger partial charge on any atom is 0.158 e. The van der Waals surface area contributed by atoms with E-state index >= 15 is 0 Å². The zero-order valence-corrected chi connectivity index (χ0v) is 15.2. The molecule has 0 spiro atoms. The number of hydrogen-bond acceptors (Lipinski definition) is 4. The Hall–Kier alpha value is -2.24. The van der Waals surface area contributed by atoms with Gasteiger partial charge in [0.15, 0.2) is 5.65 Å². The highest BCUT2D eigenvalue weighted by atomic mass is 16.5. The van der Waals surface area contributed by atoms with Gasteiger partial charge < -0.3 is 9.64 Å². The third-order valence-electron chi connectivity index (χ3n) is 5.78. The van der Waals surface area contributed by atoms with Crippen LogP contribution in [0, 0.1) is 0 Å². The fourth-order valence-corrected chi connectivity index (χ4v) is 4.15. The minimum atomic E-state index is 0.464. The summed E-state index contributed by atoms with van der Waals surface area (Å²) in [7, 11) is 2.19. The average molecular weight is 348 g/mol. The molecular weight excluding hydrogens is 324 g/mol. The summed E-state index contributed by atoms with van der Waals surface area (Å²) in [5.74, 6) is 0. The Balaban J connectivity index is 1.47. The first-order chi connectivity index (χ1) is 12.8. The molecule has 0 bridgehead atoms. The molecule has 0 radical (unpaired) electrons. The molecule has 5 nitrogen and oxygen atoms in total. The number of benzene rings is 1. The Kier molecular flexibility index (Phi) is 3.98. The summed E-state index contributed by atoms with van der Waals surface area (Å²) in [5.41, 5.74) is 6.11. The first-order valence-electron chi connectivity index (χ1n) is 9.50. The molecule has 0 amide bonds.